The van der Waals surface area contributed by atoms with Gasteiger partial charge in [-0.15, -0.1) is 0 Å². The third kappa shape index (κ3) is 3.60. The highest BCUT2D eigenvalue weighted by Gasteiger charge is 1.86. The summed E-state index contributed by atoms with van der Waals surface area (Å²) in [6.07, 6.45) is 2.86. The number of nitrogens with zero attached hydrogens (tertiary/aromatic N) is 1. The molecule has 0 aliphatic heterocycles. The van der Waals surface area contributed by atoms with Gasteiger partial charge in [-0.2, -0.15) is 0 Å². The topological polar surface area (TPSA) is 56.0 Å². The molecule has 0 saturated carbocycles. The Hall–Kier alpha value is -2.16. The molecule has 3 heteroatoms. The molecule has 3 nitrogen and oxygen atoms in total. The molecule has 15 heavy (non-hydrogen) atoms. The average Bonchev–Trinajstić information content (AvgIpc) is 2.30. The first-order valence-corrected chi connectivity index (χ1v) is 4.45. The molecule has 0 aliphatic rings. The lowest BCUT2D eigenvalue weighted by molar-refractivity contribution is -0.113. The molecule has 0 unspecified atom stereocenters. The van der Waals surface area contributed by atoms with E-state index in [0.29, 0.717) is 0 Å². The van der Waals surface area contributed by atoms with E-state index in [1.165, 1.54) is 5.39 Å². The minimum absolute atomic E-state index is 0.481. The van der Waals surface area contributed by atoms with Gasteiger partial charge in [0.1, 0.15) is 0 Å². The SMILES string of the molecule is C=CC(N)=O.c1ccc2ncccc2c1. The van der Waals surface area contributed by atoms with E-state index >= 15 is 0 Å². The summed E-state index contributed by atoms with van der Waals surface area (Å²) in [6.45, 7) is 3.09. The van der Waals surface area contributed by atoms with Crippen molar-refractivity contribution in [3.63, 3.8) is 0 Å². The van der Waals surface area contributed by atoms with Crippen LogP contribution in [0, 0.1) is 0 Å². The van der Waals surface area contributed by atoms with Crippen LogP contribution in [0.1, 0.15) is 0 Å². The van der Waals surface area contributed by atoms with Crippen molar-refractivity contribution in [2.45, 2.75) is 0 Å². The first kappa shape index (κ1) is 10.9. The van der Waals surface area contributed by atoms with Gasteiger partial charge in [0.25, 0.3) is 0 Å². The van der Waals surface area contributed by atoms with Gasteiger partial charge < -0.3 is 5.73 Å². The maximum absolute atomic E-state index is 9.47. The van der Waals surface area contributed by atoms with Crippen molar-refractivity contribution in [2.24, 2.45) is 5.73 Å². The second kappa shape index (κ2) is 5.54. The predicted molar refractivity (Wildman–Crippen MR) is 61.1 cm³/mol. The minimum atomic E-state index is -0.481. The summed E-state index contributed by atoms with van der Waals surface area (Å²) in [6, 6.07) is 12.1. The largest absolute Gasteiger partial charge is 0.366 e. The van der Waals surface area contributed by atoms with Gasteiger partial charge in [0.15, 0.2) is 0 Å². The molecule has 2 N–H and O–H groups in total. The monoisotopic (exact) mass is 200 g/mol. The summed E-state index contributed by atoms with van der Waals surface area (Å²) in [5.74, 6) is -0.481. The normalized spacial score (nSPS) is 8.80. The van der Waals surface area contributed by atoms with Gasteiger partial charge in [-0.1, -0.05) is 30.8 Å². The fourth-order valence-electron chi connectivity index (χ4n) is 1.02. The second-order valence-corrected chi connectivity index (χ2v) is 2.80. The van der Waals surface area contributed by atoms with Crippen molar-refractivity contribution >= 4 is 16.8 Å². The maximum atomic E-state index is 9.47. The van der Waals surface area contributed by atoms with E-state index < -0.39 is 5.91 Å². The van der Waals surface area contributed by atoms with E-state index in [0.717, 1.165) is 11.6 Å². The molecule has 1 heterocycles. The number of hydrogen-bond donors (Lipinski definition) is 1. The van der Waals surface area contributed by atoms with E-state index in [2.05, 4.69) is 29.4 Å². The zero-order valence-corrected chi connectivity index (χ0v) is 8.26. The summed E-state index contributed by atoms with van der Waals surface area (Å²) in [4.78, 5) is 13.7. The van der Waals surface area contributed by atoms with Crippen molar-refractivity contribution in [2.75, 3.05) is 0 Å². The minimum Gasteiger partial charge on any atom is -0.366 e. The van der Waals surface area contributed by atoms with Gasteiger partial charge in [-0.05, 0) is 18.2 Å². The maximum Gasteiger partial charge on any atom is 0.240 e. The van der Waals surface area contributed by atoms with E-state index in [1.807, 2.05) is 30.5 Å². The zero-order valence-electron chi connectivity index (χ0n) is 8.26. The number of primary amides is 1. The molecule has 0 saturated heterocycles. The van der Waals surface area contributed by atoms with Crippen LogP contribution in [-0.2, 0) is 4.79 Å². The number of carbonyl (C=O) groups excluding carboxylic acids is 1. The van der Waals surface area contributed by atoms with Crippen LogP contribution in [0.4, 0.5) is 0 Å². The Bertz CT molecular complexity index is 400. The van der Waals surface area contributed by atoms with Crippen LogP contribution in [0.5, 0.6) is 0 Å². The number of carbonyl (C=O) groups is 1. The third-order valence-corrected chi connectivity index (χ3v) is 1.71. The number of benzene rings is 1. The fourth-order valence-corrected chi connectivity index (χ4v) is 1.02. The molecule has 1 amide bonds. The summed E-state index contributed by atoms with van der Waals surface area (Å²) < 4.78 is 0. The van der Waals surface area contributed by atoms with Crippen LogP contribution < -0.4 is 5.73 Å². The van der Waals surface area contributed by atoms with Gasteiger partial charge in [0.2, 0.25) is 5.91 Å². The Kier molecular flexibility index (Phi) is 4.04. The Morgan fingerprint density at radius 1 is 1.27 bits per heavy atom. The number of pyridine rings is 1. The highest BCUT2D eigenvalue weighted by Crippen LogP contribution is 2.07. The van der Waals surface area contributed by atoms with Crippen molar-refractivity contribution < 1.29 is 4.79 Å². The Labute approximate surface area is 88.2 Å². The van der Waals surface area contributed by atoms with Crippen LogP contribution >= 0.6 is 0 Å². The number of fused-ring (bicyclic) bond motifs is 1. The summed E-state index contributed by atoms with van der Waals surface area (Å²) in [7, 11) is 0. The zero-order chi connectivity index (χ0) is 11.1. The summed E-state index contributed by atoms with van der Waals surface area (Å²) >= 11 is 0. The molecule has 1 aromatic heterocycles. The van der Waals surface area contributed by atoms with Gasteiger partial charge in [0.05, 0.1) is 5.52 Å². The Morgan fingerprint density at radius 3 is 2.47 bits per heavy atom. The lowest BCUT2D eigenvalue weighted by Gasteiger charge is -1.91. The Morgan fingerprint density at radius 2 is 1.87 bits per heavy atom. The highest BCUT2D eigenvalue weighted by atomic mass is 16.1. The van der Waals surface area contributed by atoms with Crippen LogP contribution in [0.3, 0.4) is 0 Å². The average molecular weight is 200 g/mol. The molecule has 2 rings (SSSR count). The lowest BCUT2D eigenvalue weighted by Crippen LogP contribution is -2.04. The molecule has 0 atom stereocenters. The van der Waals surface area contributed by atoms with Crippen LogP contribution in [-0.4, -0.2) is 10.9 Å². The number of amides is 1. The number of aromatic nitrogens is 1. The first-order valence-electron chi connectivity index (χ1n) is 4.45. The number of hydrogen-bond acceptors (Lipinski definition) is 2. The van der Waals surface area contributed by atoms with Crippen molar-refractivity contribution in [1.82, 2.24) is 4.98 Å². The number of para-hydroxylation sites is 1. The lowest BCUT2D eigenvalue weighted by atomic mass is 10.2. The molecule has 0 fully saturated rings. The van der Waals surface area contributed by atoms with E-state index in [1.54, 1.807) is 0 Å². The molecule has 0 spiro atoms. The molecule has 76 valence electrons. The van der Waals surface area contributed by atoms with E-state index in [9.17, 15) is 4.79 Å². The molecular formula is C12H12N2O. The van der Waals surface area contributed by atoms with E-state index in [4.69, 9.17) is 0 Å². The van der Waals surface area contributed by atoms with Gasteiger partial charge in [-0.3, -0.25) is 9.78 Å². The van der Waals surface area contributed by atoms with Crippen LogP contribution in [0.25, 0.3) is 10.9 Å². The number of rotatable bonds is 1. The standard InChI is InChI=1S/C9H7N.C3H5NO/c1-2-6-9-8(4-1)5-3-7-10-9;1-2-3(4)5/h1-7H;2H,1H2,(H2,4,5). The molecule has 0 aliphatic carbocycles. The highest BCUT2D eigenvalue weighted by molar-refractivity contribution is 5.85. The molecule has 0 radical (unpaired) electrons. The summed E-state index contributed by atoms with van der Waals surface area (Å²) in [5.41, 5.74) is 5.59. The summed E-state index contributed by atoms with van der Waals surface area (Å²) in [5, 5.41) is 1.20. The predicted octanol–water partition coefficient (Wildman–Crippen LogP) is 1.89. The van der Waals surface area contributed by atoms with Crippen molar-refractivity contribution in [3.05, 3.63) is 55.3 Å². The quantitative estimate of drug-likeness (QED) is 0.715. The fraction of sp³-hybridized carbons (Fsp3) is 0. The molecular weight excluding hydrogens is 188 g/mol. The van der Waals surface area contributed by atoms with Crippen molar-refractivity contribution in [1.29, 1.82) is 0 Å². The third-order valence-electron chi connectivity index (χ3n) is 1.71. The van der Waals surface area contributed by atoms with Gasteiger partial charge in [0, 0.05) is 11.6 Å². The molecule has 0 bridgehead atoms. The van der Waals surface area contributed by atoms with E-state index in [-0.39, 0.29) is 0 Å². The smallest absolute Gasteiger partial charge is 0.240 e. The number of nitrogens with two attached hydrogens (primary N) is 1. The van der Waals surface area contributed by atoms with Crippen molar-refractivity contribution in [3.8, 4) is 0 Å². The van der Waals surface area contributed by atoms with Crippen LogP contribution in [0.2, 0.25) is 0 Å². The Balaban J connectivity index is 0.000000195. The first-order chi connectivity index (χ1) is 7.24. The second-order valence-electron chi connectivity index (χ2n) is 2.80. The molecule has 1 aromatic carbocycles. The van der Waals surface area contributed by atoms with Gasteiger partial charge in [-0.25, -0.2) is 0 Å². The molecule has 2 aromatic rings. The van der Waals surface area contributed by atoms with Crippen LogP contribution in [0.15, 0.2) is 55.3 Å². The van der Waals surface area contributed by atoms with Gasteiger partial charge >= 0.3 is 0 Å².